The molecule has 0 aliphatic carbocycles. The standard InChI is InChI=1S/C24H26N6O/c1-16-10-6-7-11-19(16)30-22(14-20(28-30)24(3,4)5)27-23(31)18-15-26-29(17(18)2)21-12-8-9-13-25-21/h6-15H,1-5H3,(H,27,31). The predicted molar refractivity (Wildman–Crippen MR) is 121 cm³/mol. The number of nitrogens with one attached hydrogen (secondary N) is 1. The van der Waals surface area contributed by atoms with Gasteiger partial charge in [0.1, 0.15) is 5.82 Å². The van der Waals surface area contributed by atoms with Gasteiger partial charge in [0, 0.05) is 17.7 Å². The maximum Gasteiger partial charge on any atom is 0.260 e. The van der Waals surface area contributed by atoms with Crippen molar-refractivity contribution in [3.63, 3.8) is 0 Å². The lowest BCUT2D eigenvalue weighted by molar-refractivity contribution is 0.102. The molecule has 1 aromatic carbocycles. The van der Waals surface area contributed by atoms with Crippen LogP contribution in [0.5, 0.6) is 0 Å². The third-order valence-electron chi connectivity index (χ3n) is 5.18. The molecule has 3 heterocycles. The molecule has 7 heteroatoms. The Morgan fingerprint density at radius 3 is 2.42 bits per heavy atom. The summed E-state index contributed by atoms with van der Waals surface area (Å²) in [6, 6.07) is 15.5. The van der Waals surface area contributed by atoms with Gasteiger partial charge in [-0.1, -0.05) is 45.0 Å². The van der Waals surface area contributed by atoms with E-state index in [-0.39, 0.29) is 11.3 Å². The van der Waals surface area contributed by atoms with Crippen molar-refractivity contribution >= 4 is 11.7 Å². The number of anilines is 1. The Hall–Kier alpha value is -3.74. The predicted octanol–water partition coefficient (Wildman–Crippen LogP) is 4.62. The van der Waals surface area contributed by atoms with Crippen LogP contribution >= 0.6 is 0 Å². The van der Waals surface area contributed by atoms with Crippen LogP contribution < -0.4 is 5.32 Å². The molecule has 0 spiro atoms. The highest BCUT2D eigenvalue weighted by molar-refractivity contribution is 6.04. The largest absolute Gasteiger partial charge is 0.306 e. The number of pyridine rings is 1. The van der Waals surface area contributed by atoms with E-state index in [1.54, 1.807) is 21.8 Å². The van der Waals surface area contributed by atoms with Gasteiger partial charge in [0.2, 0.25) is 0 Å². The number of rotatable bonds is 4. The normalized spacial score (nSPS) is 11.5. The fourth-order valence-electron chi connectivity index (χ4n) is 3.35. The van der Waals surface area contributed by atoms with E-state index in [2.05, 4.69) is 36.2 Å². The molecule has 0 bridgehead atoms. The van der Waals surface area contributed by atoms with E-state index in [1.165, 1.54) is 0 Å². The first-order valence-corrected chi connectivity index (χ1v) is 10.2. The molecule has 0 unspecified atom stereocenters. The quantitative estimate of drug-likeness (QED) is 0.529. The highest BCUT2D eigenvalue weighted by Gasteiger charge is 2.23. The molecule has 4 aromatic rings. The van der Waals surface area contributed by atoms with Gasteiger partial charge in [-0.2, -0.15) is 10.2 Å². The van der Waals surface area contributed by atoms with Crippen LogP contribution in [0.1, 0.15) is 48.1 Å². The minimum Gasteiger partial charge on any atom is -0.306 e. The van der Waals surface area contributed by atoms with Crippen molar-refractivity contribution in [2.24, 2.45) is 0 Å². The Bertz CT molecular complexity index is 1230. The maximum absolute atomic E-state index is 13.2. The molecule has 158 valence electrons. The fraction of sp³-hybridized carbons (Fsp3) is 0.250. The van der Waals surface area contributed by atoms with Crippen molar-refractivity contribution in [1.82, 2.24) is 24.5 Å². The zero-order valence-electron chi connectivity index (χ0n) is 18.4. The molecular formula is C24H26N6O. The first kappa shape index (κ1) is 20.5. The van der Waals surface area contributed by atoms with Gasteiger partial charge < -0.3 is 5.32 Å². The number of nitrogens with zero attached hydrogens (tertiary/aromatic N) is 5. The molecule has 0 aliphatic heterocycles. The van der Waals surface area contributed by atoms with Crippen LogP contribution in [-0.2, 0) is 5.41 Å². The SMILES string of the molecule is Cc1ccccc1-n1nc(C(C)(C)C)cc1NC(=O)c1cnn(-c2ccccn2)c1C. The van der Waals surface area contributed by atoms with E-state index in [0.29, 0.717) is 22.9 Å². The summed E-state index contributed by atoms with van der Waals surface area (Å²) >= 11 is 0. The van der Waals surface area contributed by atoms with Gasteiger partial charge in [0.15, 0.2) is 5.82 Å². The van der Waals surface area contributed by atoms with Crippen molar-refractivity contribution in [2.75, 3.05) is 5.32 Å². The molecule has 7 nitrogen and oxygen atoms in total. The molecule has 1 amide bonds. The van der Waals surface area contributed by atoms with Gasteiger partial charge in [-0.25, -0.2) is 14.3 Å². The molecule has 0 aliphatic rings. The number of hydrogen-bond donors (Lipinski definition) is 1. The second-order valence-corrected chi connectivity index (χ2v) is 8.56. The molecule has 0 saturated carbocycles. The van der Waals surface area contributed by atoms with Crippen LogP contribution in [0.4, 0.5) is 5.82 Å². The molecule has 0 saturated heterocycles. The third kappa shape index (κ3) is 3.99. The van der Waals surface area contributed by atoms with E-state index in [4.69, 9.17) is 5.10 Å². The van der Waals surface area contributed by atoms with Crippen molar-refractivity contribution in [3.05, 3.63) is 83.4 Å². The molecule has 31 heavy (non-hydrogen) atoms. The molecular weight excluding hydrogens is 388 g/mol. The van der Waals surface area contributed by atoms with Crippen LogP contribution in [-0.4, -0.2) is 30.5 Å². The average Bonchev–Trinajstić information content (AvgIpc) is 3.33. The Morgan fingerprint density at radius 2 is 1.74 bits per heavy atom. The van der Waals surface area contributed by atoms with E-state index in [0.717, 1.165) is 16.9 Å². The van der Waals surface area contributed by atoms with Crippen molar-refractivity contribution in [2.45, 2.75) is 40.0 Å². The fourth-order valence-corrected chi connectivity index (χ4v) is 3.35. The van der Waals surface area contributed by atoms with Crippen molar-refractivity contribution in [1.29, 1.82) is 0 Å². The van der Waals surface area contributed by atoms with Crippen molar-refractivity contribution in [3.8, 4) is 11.5 Å². The van der Waals surface area contributed by atoms with Crippen LogP contribution in [0, 0.1) is 13.8 Å². The number of amides is 1. The van der Waals surface area contributed by atoms with Gasteiger partial charge >= 0.3 is 0 Å². The first-order chi connectivity index (χ1) is 14.8. The van der Waals surface area contributed by atoms with Gasteiger partial charge in [-0.05, 0) is 37.6 Å². The number of aromatic nitrogens is 5. The minimum absolute atomic E-state index is 0.160. The zero-order chi connectivity index (χ0) is 22.2. The molecule has 0 fully saturated rings. The van der Waals surface area contributed by atoms with Crippen LogP contribution in [0.2, 0.25) is 0 Å². The Balaban J connectivity index is 1.71. The molecule has 4 rings (SSSR count). The van der Waals surface area contributed by atoms with E-state index >= 15 is 0 Å². The summed E-state index contributed by atoms with van der Waals surface area (Å²) in [4.78, 5) is 17.5. The molecule has 1 N–H and O–H groups in total. The lowest BCUT2D eigenvalue weighted by Gasteiger charge is -2.14. The molecule has 0 radical (unpaired) electrons. The topological polar surface area (TPSA) is 77.6 Å². The average molecular weight is 415 g/mol. The highest BCUT2D eigenvalue weighted by atomic mass is 16.1. The summed E-state index contributed by atoms with van der Waals surface area (Å²) in [5.41, 5.74) is 3.93. The number of carbonyl (C=O) groups is 1. The lowest BCUT2D eigenvalue weighted by atomic mass is 9.92. The number of carbonyl (C=O) groups excluding carboxylic acids is 1. The number of aryl methyl sites for hydroxylation is 1. The Kier molecular flexibility index (Phi) is 5.19. The second-order valence-electron chi connectivity index (χ2n) is 8.56. The lowest BCUT2D eigenvalue weighted by Crippen LogP contribution is -2.16. The monoisotopic (exact) mass is 414 g/mol. The van der Waals surface area contributed by atoms with Crippen LogP contribution in [0.25, 0.3) is 11.5 Å². The molecule has 3 aromatic heterocycles. The highest BCUT2D eigenvalue weighted by Crippen LogP contribution is 2.28. The summed E-state index contributed by atoms with van der Waals surface area (Å²) in [5.74, 6) is 1.04. The Labute approximate surface area is 181 Å². The summed E-state index contributed by atoms with van der Waals surface area (Å²) in [7, 11) is 0. The summed E-state index contributed by atoms with van der Waals surface area (Å²) in [6.07, 6.45) is 3.27. The number of benzene rings is 1. The molecule has 0 atom stereocenters. The minimum atomic E-state index is -0.241. The smallest absolute Gasteiger partial charge is 0.260 e. The summed E-state index contributed by atoms with van der Waals surface area (Å²) in [6.45, 7) is 10.2. The van der Waals surface area contributed by atoms with Gasteiger partial charge in [0.25, 0.3) is 5.91 Å². The van der Waals surface area contributed by atoms with Crippen LogP contribution in [0.3, 0.4) is 0 Å². The Morgan fingerprint density at radius 1 is 1.00 bits per heavy atom. The van der Waals surface area contributed by atoms with E-state index in [1.807, 2.05) is 62.4 Å². The summed E-state index contributed by atoms with van der Waals surface area (Å²) in [5, 5.41) is 12.2. The van der Waals surface area contributed by atoms with Crippen molar-refractivity contribution < 1.29 is 4.79 Å². The van der Waals surface area contributed by atoms with Gasteiger partial charge in [-0.3, -0.25) is 4.79 Å². The summed E-state index contributed by atoms with van der Waals surface area (Å²) < 4.78 is 3.46. The third-order valence-corrected chi connectivity index (χ3v) is 5.18. The van der Waals surface area contributed by atoms with Crippen LogP contribution in [0.15, 0.2) is 60.9 Å². The number of para-hydroxylation sites is 1. The van der Waals surface area contributed by atoms with E-state index in [9.17, 15) is 4.79 Å². The second kappa shape index (κ2) is 7.83. The first-order valence-electron chi connectivity index (χ1n) is 10.2. The van der Waals surface area contributed by atoms with E-state index < -0.39 is 0 Å². The maximum atomic E-state index is 13.2. The van der Waals surface area contributed by atoms with Gasteiger partial charge in [-0.15, -0.1) is 0 Å². The number of hydrogen-bond acceptors (Lipinski definition) is 4. The zero-order valence-corrected chi connectivity index (χ0v) is 18.4. The van der Waals surface area contributed by atoms with Gasteiger partial charge in [0.05, 0.1) is 28.8 Å².